The van der Waals surface area contributed by atoms with Crippen LogP contribution in [0.25, 0.3) is 17.0 Å². The molecule has 0 saturated heterocycles. The number of fused-ring (bicyclic) bond motifs is 1. The zero-order valence-corrected chi connectivity index (χ0v) is 11.4. The van der Waals surface area contributed by atoms with Gasteiger partial charge in [0, 0.05) is 17.2 Å². The first-order chi connectivity index (χ1) is 10.2. The van der Waals surface area contributed by atoms with Crippen molar-refractivity contribution in [3.05, 3.63) is 66.3 Å². The molecule has 0 spiro atoms. The van der Waals surface area contributed by atoms with E-state index in [1.807, 2.05) is 31.2 Å². The number of aryl methyl sites for hydroxylation is 1. The number of rotatable bonds is 3. The molecule has 0 amide bonds. The molecule has 0 aliphatic rings. The zero-order valence-electron chi connectivity index (χ0n) is 11.4. The highest BCUT2D eigenvalue weighted by Crippen LogP contribution is 2.24. The Bertz CT molecular complexity index is 804. The van der Waals surface area contributed by atoms with Crippen molar-refractivity contribution in [3.63, 3.8) is 0 Å². The third kappa shape index (κ3) is 3.00. The van der Waals surface area contributed by atoms with Crippen molar-refractivity contribution < 1.29 is 13.9 Å². The maximum atomic E-state index is 11.9. The highest BCUT2D eigenvalue weighted by atomic mass is 16.5. The fourth-order valence-electron chi connectivity index (χ4n) is 1.98. The molecule has 2 aromatic heterocycles. The molecule has 0 aliphatic carbocycles. The largest absolute Gasteiger partial charge is 0.465 e. The lowest BCUT2D eigenvalue weighted by Gasteiger charge is -2.05. The van der Waals surface area contributed by atoms with Gasteiger partial charge in [0.15, 0.2) is 5.75 Å². The van der Waals surface area contributed by atoms with Crippen LogP contribution < -0.4 is 4.74 Å². The first-order valence-electron chi connectivity index (χ1n) is 6.52. The molecule has 1 aromatic carbocycles. The van der Waals surface area contributed by atoms with E-state index in [1.54, 1.807) is 30.5 Å². The minimum atomic E-state index is -0.470. The highest BCUT2D eigenvalue weighted by Gasteiger charge is 2.07. The SMILES string of the molecule is Cc1ccc2cccc(OC(=O)/C=C/c3ccco3)c2n1. The minimum absolute atomic E-state index is 0.449. The van der Waals surface area contributed by atoms with Crippen LogP contribution >= 0.6 is 0 Å². The van der Waals surface area contributed by atoms with Gasteiger partial charge in [-0.05, 0) is 37.3 Å². The summed E-state index contributed by atoms with van der Waals surface area (Å²) in [5.41, 5.74) is 1.55. The molecule has 3 aromatic rings. The predicted octanol–water partition coefficient (Wildman–Crippen LogP) is 3.76. The van der Waals surface area contributed by atoms with Gasteiger partial charge in [-0.1, -0.05) is 18.2 Å². The number of hydrogen-bond acceptors (Lipinski definition) is 4. The van der Waals surface area contributed by atoms with E-state index >= 15 is 0 Å². The summed E-state index contributed by atoms with van der Waals surface area (Å²) in [5.74, 6) is 0.575. The molecular weight excluding hydrogens is 266 g/mol. The highest BCUT2D eigenvalue weighted by molar-refractivity contribution is 5.92. The number of benzene rings is 1. The summed E-state index contributed by atoms with van der Waals surface area (Å²) in [5, 5.41) is 0.931. The van der Waals surface area contributed by atoms with Crippen molar-refractivity contribution in [3.8, 4) is 5.75 Å². The first-order valence-corrected chi connectivity index (χ1v) is 6.52. The van der Waals surface area contributed by atoms with Crippen molar-refractivity contribution in [1.29, 1.82) is 0 Å². The standard InChI is InChI=1S/C17H13NO3/c1-12-7-8-13-4-2-6-15(17(13)18-12)21-16(19)10-9-14-5-3-11-20-14/h2-11H,1H3/b10-9+. The van der Waals surface area contributed by atoms with Gasteiger partial charge in [0.2, 0.25) is 0 Å². The molecule has 0 radical (unpaired) electrons. The quantitative estimate of drug-likeness (QED) is 0.416. The fraction of sp³-hybridized carbons (Fsp3) is 0.0588. The summed E-state index contributed by atoms with van der Waals surface area (Å²) in [6.07, 6.45) is 4.43. The van der Waals surface area contributed by atoms with Crippen LogP contribution in [0.5, 0.6) is 5.75 Å². The lowest BCUT2D eigenvalue weighted by molar-refractivity contribution is -0.128. The molecule has 0 atom stereocenters. The van der Waals surface area contributed by atoms with Gasteiger partial charge in [-0.15, -0.1) is 0 Å². The summed E-state index contributed by atoms with van der Waals surface area (Å²) in [7, 11) is 0. The number of hydrogen-bond donors (Lipinski definition) is 0. The summed E-state index contributed by atoms with van der Waals surface area (Å²) in [6, 6.07) is 12.9. The molecular formula is C17H13NO3. The second-order valence-electron chi connectivity index (χ2n) is 4.55. The smallest absolute Gasteiger partial charge is 0.336 e. The number of nitrogens with zero attached hydrogens (tertiary/aromatic N) is 1. The molecule has 104 valence electrons. The van der Waals surface area contributed by atoms with Gasteiger partial charge in [-0.25, -0.2) is 9.78 Å². The predicted molar refractivity (Wildman–Crippen MR) is 79.9 cm³/mol. The van der Waals surface area contributed by atoms with Gasteiger partial charge < -0.3 is 9.15 Å². The van der Waals surface area contributed by atoms with Crippen LogP contribution in [-0.4, -0.2) is 11.0 Å². The minimum Gasteiger partial charge on any atom is -0.465 e. The maximum absolute atomic E-state index is 11.9. The Kier molecular flexibility index (Phi) is 3.51. The van der Waals surface area contributed by atoms with Crippen LogP contribution in [0.2, 0.25) is 0 Å². The molecule has 0 saturated carbocycles. The molecule has 4 heteroatoms. The number of furan rings is 1. The van der Waals surface area contributed by atoms with Crippen molar-refractivity contribution in [2.75, 3.05) is 0 Å². The van der Waals surface area contributed by atoms with E-state index in [0.29, 0.717) is 17.0 Å². The number of aromatic nitrogens is 1. The van der Waals surface area contributed by atoms with Crippen molar-refractivity contribution >= 4 is 22.9 Å². The van der Waals surface area contributed by atoms with E-state index < -0.39 is 5.97 Å². The van der Waals surface area contributed by atoms with E-state index in [-0.39, 0.29) is 0 Å². The summed E-state index contributed by atoms with van der Waals surface area (Å²) in [4.78, 5) is 16.3. The molecule has 0 fully saturated rings. The molecule has 3 rings (SSSR count). The third-order valence-corrected chi connectivity index (χ3v) is 2.96. The van der Waals surface area contributed by atoms with Gasteiger partial charge in [0.05, 0.1) is 6.26 Å². The zero-order chi connectivity index (χ0) is 14.7. The number of ether oxygens (including phenoxy) is 1. The van der Waals surface area contributed by atoms with Crippen LogP contribution in [0.15, 0.2) is 59.2 Å². The Labute approximate surface area is 121 Å². The lowest BCUT2D eigenvalue weighted by Crippen LogP contribution is -2.04. The van der Waals surface area contributed by atoms with Gasteiger partial charge in [0.25, 0.3) is 0 Å². The Morgan fingerprint density at radius 3 is 2.90 bits per heavy atom. The first kappa shape index (κ1) is 13.1. The van der Waals surface area contributed by atoms with E-state index in [4.69, 9.17) is 9.15 Å². The van der Waals surface area contributed by atoms with E-state index in [1.165, 1.54) is 6.08 Å². The van der Waals surface area contributed by atoms with Crippen LogP contribution in [0, 0.1) is 6.92 Å². The number of para-hydroxylation sites is 1. The Morgan fingerprint density at radius 1 is 1.19 bits per heavy atom. The molecule has 2 heterocycles. The van der Waals surface area contributed by atoms with E-state index in [9.17, 15) is 4.79 Å². The van der Waals surface area contributed by atoms with Gasteiger partial charge in [-0.3, -0.25) is 0 Å². The number of carbonyl (C=O) groups is 1. The Hall–Kier alpha value is -2.88. The molecule has 0 N–H and O–H groups in total. The normalized spacial score (nSPS) is 11.1. The summed E-state index contributed by atoms with van der Waals surface area (Å²) < 4.78 is 10.5. The molecule has 0 aliphatic heterocycles. The molecule has 0 unspecified atom stereocenters. The summed E-state index contributed by atoms with van der Waals surface area (Å²) >= 11 is 0. The Morgan fingerprint density at radius 2 is 2.10 bits per heavy atom. The van der Waals surface area contributed by atoms with Crippen LogP contribution in [0.3, 0.4) is 0 Å². The lowest BCUT2D eigenvalue weighted by atomic mass is 10.2. The molecule has 21 heavy (non-hydrogen) atoms. The topological polar surface area (TPSA) is 52.3 Å². The second-order valence-corrected chi connectivity index (χ2v) is 4.55. The average Bonchev–Trinajstić information content (AvgIpc) is 2.99. The molecule has 4 nitrogen and oxygen atoms in total. The van der Waals surface area contributed by atoms with Gasteiger partial charge in [-0.2, -0.15) is 0 Å². The van der Waals surface area contributed by atoms with Gasteiger partial charge in [0.1, 0.15) is 11.3 Å². The van der Waals surface area contributed by atoms with Crippen molar-refractivity contribution in [1.82, 2.24) is 4.98 Å². The van der Waals surface area contributed by atoms with Crippen LogP contribution in [-0.2, 0) is 4.79 Å². The van der Waals surface area contributed by atoms with Crippen LogP contribution in [0.1, 0.15) is 11.5 Å². The van der Waals surface area contributed by atoms with Crippen LogP contribution in [0.4, 0.5) is 0 Å². The molecule has 0 bridgehead atoms. The number of pyridine rings is 1. The fourth-order valence-corrected chi connectivity index (χ4v) is 1.98. The average molecular weight is 279 g/mol. The Balaban J connectivity index is 1.84. The maximum Gasteiger partial charge on any atom is 0.336 e. The van der Waals surface area contributed by atoms with Crippen molar-refractivity contribution in [2.45, 2.75) is 6.92 Å². The monoisotopic (exact) mass is 279 g/mol. The number of esters is 1. The van der Waals surface area contributed by atoms with Gasteiger partial charge >= 0.3 is 5.97 Å². The second kappa shape index (κ2) is 5.63. The number of carbonyl (C=O) groups excluding carboxylic acids is 1. The van der Waals surface area contributed by atoms with Crippen molar-refractivity contribution in [2.24, 2.45) is 0 Å². The van der Waals surface area contributed by atoms with E-state index in [0.717, 1.165) is 11.1 Å². The summed E-state index contributed by atoms with van der Waals surface area (Å²) in [6.45, 7) is 1.90. The third-order valence-electron chi connectivity index (χ3n) is 2.96. The van der Waals surface area contributed by atoms with E-state index in [2.05, 4.69) is 4.98 Å².